The van der Waals surface area contributed by atoms with Crippen molar-refractivity contribution in [3.05, 3.63) is 12.2 Å². The van der Waals surface area contributed by atoms with Crippen LogP contribution in [-0.2, 0) is 23.8 Å². The van der Waals surface area contributed by atoms with Gasteiger partial charge in [0.05, 0.1) is 12.0 Å². The fourth-order valence-corrected chi connectivity index (χ4v) is 1.75. The maximum atomic E-state index is 11.4. The number of carbonyl (C=O) groups excluding carboxylic acids is 2. The first kappa shape index (κ1) is 12.1. The van der Waals surface area contributed by atoms with Gasteiger partial charge in [-0.05, 0) is 13.0 Å². The first-order valence-corrected chi connectivity index (χ1v) is 5.43. The summed E-state index contributed by atoms with van der Waals surface area (Å²) in [4.78, 5) is 22.7. The maximum Gasteiger partial charge on any atom is 0.335 e. The summed E-state index contributed by atoms with van der Waals surface area (Å²) in [7, 11) is 0. The average molecular weight is 242 g/mol. The number of carbonyl (C=O) groups is 2. The van der Waals surface area contributed by atoms with Crippen LogP contribution in [-0.4, -0.2) is 48.6 Å². The molecule has 0 bridgehead atoms. The molecule has 2 aliphatic rings. The van der Waals surface area contributed by atoms with Crippen LogP contribution in [0, 0.1) is 5.92 Å². The molecule has 0 aliphatic carbocycles. The average Bonchev–Trinajstić information content (AvgIpc) is 2.64. The highest BCUT2D eigenvalue weighted by Crippen LogP contribution is 2.23. The number of rotatable bonds is 1. The number of ether oxygens (including phenoxy) is 3. The molecule has 1 N–H and O–H groups in total. The molecule has 0 unspecified atom stereocenters. The summed E-state index contributed by atoms with van der Waals surface area (Å²) in [6, 6.07) is 0. The van der Waals surface area contributed by atoms with Gasteiger partial charge in [0.1, 0.15) is 19.3 Å². The van der Waals surface area contributed by atoms with Gasteiger partial charge >= 0.3 is 11.9 Å². The Hall–Kier alpha value is -1.40. The molecule has 4 atom stereocenters. The second-order valence-electron chi connectivity index (χ2n) is 4.14. The molecule has 94 valence electrons. The standard InChI is InChI=1S/C11H14O6/c1-6(12)8-2-3-9(13)15-4-7-5-16-11(14)10(7)17-8/h2-3,6-8,10,12H,4-5H2,1H3/b3-2-/t6-,7-,8-,10-/m0/s1. The van der Waals surface area contributed by atoms with Gasteiger partial charge < -0.3 is 19.3 Å². The van der Waals surface area contributed by atoms with Gasteiger partial charge in [0.2, 0.25) is 0 Å². The van der Waals surface area contributed by atoms with Crippen molar-refractivity contribution >= 4 is 11.9 Å². The van der Waals surface area contributed by atoms with Gasteiger partial charge in [0.25, 0.3) is 0 Å². The van der Waals surface area contributed by atoms with E-state index in [2.05, 4.69) is 0 Å². The molecule has 0 saturated carbocycles. The van der Waals surface area contributed by atoms with Gasteiger partial charge in [0.15, 0.2) is 6.10 Å². The predicted octanol–water partition coefficient (Wildman–Crippen LogP) is -0.593. The zero-order chi connectivity index (χ0) is 12.4. The zero-order valence-corrected chi connectivity index (χ0v) is 9.37. The van der Waals surface area contributed by atoms with Gasteiger partial charge in [-0.1, -0.05) is 0 Å². The van der Waals surface area contributed by atoms with Crippen molar-refractivity contribution in [3.8, 4) is 0 Å². The van der Waals surface area contributed by atoms with Crippen molar-refractivity contribution in [3.63, 3.8) is 0 Å². The van der Waals surface area contributed by atoms with E-state index in [1.54, 1.807) is 0 Å². The third-order valence-electron chi connectivity index (χ3n) is 2.74. The topological polar surface area (TPSA) is 82.1 Å². The molecule has 0 aromatic heterocycles. The minimum atomic E-state index is -0.828. The summed E-state index contributed by atoms with van der Waals surface area (Å²) < 4.78 is 15.3. The largest absolute Gasteiger partial charge is 0.463 e. The normalized spacial score (nSPS) is 36.9. The van der Waals surface area contributed by atoms with Gasteiger partial charge in [-0.3, -0.25) is 0 Å². The van der Waals surface area contributed by atoms with Crippen LogP contribution in [0.3, 0.4) is 0 Å². The van der Waals surface area contributed by atoms with Gasteiger partial charge in [-0.2, -0.15) is 0 Å². The van der Waals surface area contributed by atoms with Crippen molar-refractivity contribution in [2.75, 3.05) is 13.2 Å². The highest BCUT2D eigenvalue weighted by atomic mass is 16.6. The SMILES string of the molecule is C[C@H](O)[C@@H]1/C=C\C(=O)OC[C@H]2COC(=O)[C@H]2O1. The number of esters is 2. The van der Waals surface area contributed by atoms with Crippen molar-refractivity contribution in [2.24, 2.45) is 5.92 Å². The first-order valence-electron chi connectivity index (χ1n) is 5.43. The fourth-order valence-electron chi connectivity index (χ4n) is 1.75. The monoisotopic (exact) mass is 242 g/mol. The molecular weight excluding hydrogens is 228 g/mol. The molecule has 0 spiro atoms. The number of fused-ring (bicyclic) bond motifs is 1. The molecular formula is C11H14O6. The Morgan fingerprint density at radius 3 is 2.76 bits per heavy atom. The summed E-state index contributed by atoms with van der Waals surface area (Å²) in [6.07, 6.45) is 0.250. The quantitative estimate of drug-likeness (QED) is 0.619. The molecule has 2 rings (SSSR count). The van der Waals surface area contributed by atoms with E-state index in [1.165, 1.54) is 19.1 Å². The molecule has 0 aromatic rings. The Morgan fingerprint density at radius 1 is 1.35 bits per heavy atom. The molecule has 2 heterocycles. The van der Waals surface area contributed by atoms with Crippen molar-refractivity contribution in [1.82, 2.24) is 0 Å². The Morgan fingerprint density at radius 2 is 2.06 bits per heavy atom. The minimum absolute atomic E-state index is 0.0755. The molecule has 2 aliphatic heterocycles. The molecule has 17 heavy (non-hydrogen) atoms. The smallest absolute Gasteiger partial charge is 0.335 e. The summed E-state index contributed by atoms with van der Waals surface area (Å²) >= 11 is 0. The zero-order valence-electron chi connectivity index (χ0n) is 9.37. The Labute approximate surface area is 98.1 Å². The third kappa shape index (κ3) is 2.65. The van der Waals surface area contributed by atoms with Crippen LogP contribution >= 0.6 is 0 Å². The number of hydrogen-bond acceptors (Lipinski definition) is 6. The lowest BCUT2D eigenvalue weighted by atomic mass is 10.1. The van der Waals surface area contributed by atoms with E-state index < -0.39 is 30.3 Å². The van der Waals surface area contributed by atoms with E-state index in [-0.39, 0.29) is 19.1 Å². The molecule has 1 fully saturated rings. The van der Waals surface area contributed by atoms with Crippen molar-refractivity contribution in [1.29, 1.82) is 0 Å². The van der Waals surface area contributed by atoms with Crippen LogP contribution in [0.5, 0.6) is 0 Å². The second kappa shape index (κ2) is 4.85. The lowest BCUT2D eigenvalue weighted by molar-refractivity contribution is -0.153. The highest BCUT2D eigenvalue weighted by molar-refractivity contribution is 5.82. The van der Waals surface area contributed by atoms with E-state index >= 15 is 0 Å². The minimum Gasteiger partial charge on any atom is -0.463 e. The van der Waals surface area contributed by atoms with Gasteiger partial charge in [-0.25, -0.2) is 9.59 Å². The summed E-state index contributed by atoms with van der Waals surface area (Å²) in [6.45, 7) is 1.77. The van der Waals surface area contributed by atoms with Crippen molar-refractivity contribution < 1.29 is 28.9 Å². The van der Waals surface area contributed by atoms with E-state index in [0.717, 1.165) is 0 Å². The Kier molecular flexibility index (Phi) is 3.44. The van der Waals surface area contributed by atoms with Crippen molar-refractivity contribution in [2.45, 2.75) is 25.2 Å². The van der Waals surface area contributed by atoms with Crippen LogP contribution in [0.4, 0.5) is 0 Å². The molecule has 1 saturated heterocycles. The molecule has 6 nitrogen and oxygen atoms in total. The molecule has 0 amide bonds. The van der Waals surface area contributed by atoms with Gasteiger partial charge in [0, 0.05) is 6.08 Å². The summed E-state index contributed by atoms with van der Waals surface area (Å²) in [5, 5.41) is 9.50. The predicted molar refractivity (Wildman–Crippen MR) is 54.9 cm³/mol. The van der Waals surface area contributed by atoms with Crippen LogP contribution < -0.4 is 0 Å². The Bertz CT molecular complexity index is 348. The van der Waals surface area contributed by atoms with Gasteiger partial charge in [-0.15, -0.1) is 0 Å². The third-order valence-corrected chi connectivity index (χ3v) is 2.74. The van der Waals surface area contributed by atoms with Crippen LogP contribution in [0.15, 0.2) is 12.2 Å². The van der Waals surface area contributed by atoms with Crippen LogP contribution in [0.2, 0.25) is 0 Å². The number of aliphatic hydroxyl groups is 1. The highest BCUT2D eigenvalue weighted by Gasteiger charge is 2.41. The van der Waals surface area contributed by atoms with E-state index in [0.29, 0.717) is 0 Å². The lowest BCUT2D eigenvalue weighted by Crippen LogP contribution is -2.36. The number of hydrogen-bond donors (Lipinski definition) is 1. The van der Waals surface area contributed by atoms with E-state index in [4.69, 9.17) is 14.2 Å². The second-order valence-corrected chi connectivity index (χ2v) is 4.14. The van der Waals surface area contributed by atoms with Crippen LogP contribution in [0.25, 0.3) is 0 Å². The first-order chi connectivity index (χ1) is 8.08. The Balaban J connectivity index is 2.19. The lowest BCUT2D eigenvalue weighted by Gasteiger charge is -2.21. The molecule has 0 aromatic carbocycles. The van der Waals surface area contributed by atoms with E-state index in [9.17, 15) is 14.7 Å². The maximum absolute atomic E-state index is 11.4. The number of aliphatic hydroxyl groups excluding tert-OH is 1. The molecule has 0 radical (unpaired) electrons. The number of cyclic esters (lactones) is 2. The summed E-state index contributed by atoms with van der Waals surface area (Å²) in [5.74, 6) is -1.31. The van der Waals surface area contributed by atoms with Crippen LogP contribution in [0.1, 0.15) is 6.92 Å². The fraction of sp³-hybridized carbons (Fsp3) is 0.636. The van der Waals surface area contributed by atoms with E-state index in [1.807, 2.05) is 0 Å². The molecule has 6 heteroatoms. The summed E-state index contributed by atoms with van der Waals surface area (Å²) in [5.41, 5.74) is 0.